The third kappa shape index (κ3) is 5.04. The number of benzene rings is 1. The molecule has 0 bridgehead atoms. The second kappa shape index (κ2) is 8.63. The van der Waals surface area contributed by atoms with E-state index in [2.05, 4.69) is 25.8 Å². The lowest BCUT2D eigenvalue weighted by atomic mass is 10.2. The van der Waals surface area contributed by atoms with Gasteiger partial charge in [0, 0.05) is 24.7 Å². The van der Waals surface area contributed by atoms with E-state index in [4.69, 9.17) is 0 Å². The van der Waals surface area contributed by atoms with Gasteiger partial charge in [-0.2, -0.15) is 4.68 Å². The predicted molar refractivity (Wildman–Crippen MR) is 103 cm³/mol. The van der Waals surface area contributed by atoms with Crippen LogP contribution in [0.5, 0.6) is 0 Å². The number of hydrogen-bond donors (Lipinski definition) is 2. The lowest BCUT2D eigenvalue weighted by Gasteiger charge is -2.12. The van der Waals surface area contributed by atoms with E-state index in [0.29, 0.717) is 18.1 Å². The van der Waals surface area contributed by atoms with Crippen molar-refractivity contribution in [2.24, 2.45) is 0 Å². The Labute approximate surface area is 160 Å². The van der Waals surface area contributed by atoms with Crippen molar-refractivity contribution in [3.8, 4) is 5.69 Å². The largest absolute Gasteiger partial charge is 0.355 e. The molecule has 0 saturated heterocycles. The topological polar surface area (TPSA) is 106 Å². The SMILES string of the molecule is Cc1cccc(-n2nnnc2S[C@H](C)C(=O)NCCc2cccc(=O)[nH]2)c1. The zero-order valence-electron chi connectivity index (χ0n) is 15.0. The molecule has 140 valence electrons. The molecule has 27 heavy (non-hydrogen) atoms. The minimum absolute atomic E-state index is 0.114. The van der Waals surface area contributed by atoms with E-state index in [0.717, 1.165) is 16.9 Å². The number of hydrogen-bond acceptors (Lipinski definition) is 6. The molecule has 0 unspecified atom stereocenters. The Morgan fingerprint density at radius 3 is 2.89 bits per heavy atom. The highest BCUT2D eigenvalue weighted by molar-refractivity contribution is 8.00. The Hall–Kier alpha value is -2.94. The quantitative estimate of drug-likeness (QED) is 0.598. The molecule has 0 aliphatic carbocycles. The molecule has 1 amide bonds. The number of aromatic nitrogens is 5. The van der Waals surface area contributed by atoms with Crippen LogP contribution in [0.25, 0.3) is 5.69 Å². The number of tetrazole rings is 1. The number of rotatable bonds is 7. The fraction of sp³-hybridized carbons (Fsp3) is 0.278. The van der Waals surface area contributed by atoms with E-state index < -0.39 is 0 Å². The normalized spacial score (nSPS) is 11.9. The third-order valence-electron chi connectivity index (χ3n) is 3.86. The Balaban J connectivity index is 1.57. The van der Waals surface area contributed by atoms with Gasteiger partial charge in [-0.25, -0.2) is 0 Å². The van der Waals surface area contributed by atoms with E-state index in [1.165, 1.54) is 17.8 Å². The minimum Gasteiger partial charge on any atom is -0.355 e. The van der Waals surface area contributed by atoms with Gasteiger partial charge in [-0.1, -0.05) is 30.0 Å². The van der Waals surface area contributed by atoms with Crippen LogP contribution in [0.3, 0.4) is 0 Å². The molecule has 1 aromatic carbocycles. The van der Waals surface area contributed by atoms with Crippen LogP contribution < -0.4 is 10.9 Å². The number of aryl methyl sites for hydroxylation is 1. The van der Waals surface area contributed by atoms with Crippen LogP contribution in [0, 0.1) is 6.92 Å². The van der Waals surface area contributed by atoms with Crippen LogP contribution in [0.4, 0.5) is 0 Å². The number of aromatic amines is 1. The minimum atomic E-state index is -0.366. The van der Waals surface area contributed by atoms with Gasteiger partial charge >= 0.3 is 0 Å². The van der Waals surface area contributed by atoms with Gasteiger partial charge < -0.3 is 10.3 Å². The molecule has 0 aliphatic rings. The number of thioether (sulfide) groups is 1. The maximum absolute atomic E-state index is 12.3. The Kier molecular flexibility index (Phi) is 6.02. The van der Waals surface area contributed by atoms with Gasteiger partial charge in [0.25, 0.3) is 0 Å². The summed E-state index contributed by atoms with van der Waals surface area (Å²) in [4.78, 5) is 26.4. The average Bonchev–Trinajstić information content (AvgIpc) is 3.10. The number of nitrogens with one attached hydrogen (secondary N) is 2. The van der Waals surface area contributed by atoms with Crippen molar-refractivity contribution in [1.29, 1.82) is 0 Å². The molecule has 0 saturated carbocycles. The van der Waals surface area contributed by atoms with Crippen LogP contribution in [0.1, 0.15) is 18.2 Å². The smallest absolute Gasteiger partial charge is 0.248 e. The van der Waals surface area contributed by atoms with Gasteiger partial charge in [-0.3, -0.25) is 9.59 Å². The van der Waals surface area contributed by atoms with Crippen molar-refractivity contribution in [2.75, 3.05) is 6.54 Å². The molecule has 3 rings (SSSR count). The van der Waals surface area contributed by atoms with Crippen molar-refractivity contribution >= 4 is 17.7 Å². The maximum Gasteiger partial charge on any atom is 0.248 e. The molecule has 2 N–H and O–H groups in total. The summed E-state index contributed by atoms with van der Waals surface area (Å²) in [5.74, 6) is -0.114. The average molecular weight is 384 g/mol. The molecule has 0 spiro atoms. The lowest BCUT2D eigenvalue weighted by Crippen LogP contribution is -2.33. The number of H-pyrrole nitrogens is 1. The number of pyridine rings is 1. The molecular weight excluding hydrogens is 364 g/mol. The van der Waals surface area contributed by atoms with Gasteiger partial charge in [-0.05, 0) is 48.0 Å². The summed E-state index contributed by atoms with van der Waals surface area (Å²) >= 11 is 1.29. The van der Waals surface area contributed by atoms with E-state index in [1.807, 2.05) is 37.3 Å². The Morgan fingerprint density at radius 2 is 2.11 bits per heavy atom. The first-order valence-corrected chi connectivity index (χ1v) is 9.39. The maximum atomic E-state index is 12.3. The van der Waals surface area contributed by atoms with Crippen molar-refractivity contribution in [3.05, 3.63) is 64.1 Å². The van der Waals surface area contributed by atoms with Crippen LogP contribution >= 0.6 is 11.8 Å². The van der Waals surface area contributed by atoms with Gasteiger partial charge in [0.1, 0.15) is 0 Å². The van der Waals surface area contributed by atoms with Crippen LogP contribution in [0.2, 0.25) is 0 Å². The van der Waals surface area contributed by atoms with Gasteiger partial charge in [-0.15, -0.1) is 5.10 Å². The van der Waals surface area contributed by atoms with Gasteiger partial charge in [0.15, 0.2) is 0 Å². The van der Waals surface area contributed by atoms with E-state index >= 15 is 0 Å². The summed E-state index contributed by atoms with van der Waals surface area (Å²) in [5.41, 5.74) is 2.59. The van der Waals surface area contributed by atoms with Crippen molar-refractivity contribution in [3.63, 3.8) is 0 Å². The molecule has 0 radical (unpaired) electrons. The first-order chi connectivity index (χ1) is 13.0. The van der Waals surface area contributed by atoms with E-state index in [1.54, 1.807) is 17.7 Å². The zero-order chi connectivity index (χ0) is 19.2. The summed E-state index contributed by atoms with van der Waals surface area (Å²) in [7, 11) is 0. The second-order valence-electron chi connectivity index (χ2n) is 6.05. The van der Waals surface area contributed by atoms with Gasteiger partial charge in [0.05, 0.1) is 10.9 Å². The molecule has 0 aliphatic heterocycles. The van der Waals surface area contributed by atoms with E-state index in [-0.39, 0.29) is 16.7 Å². The fourth-order valence-corrected chi connectivity index (χ4v) is 3.32. The molecule has 2 aromatic heterocycles. The predicted octanol–water partition coefficient (Wildman–Crippen LogP) is 1.50. The summed E-state index contributed by atoms with van der Waals surface area (Å²) in [6.07, 6.45) is 0.556. The molecule has 2 heterocycles. The number of carbonyl (C=O) groups is 1. The molecule has 9 heteroatoms. The van der Waals surface area contributed by atoms with Crippen LogP contribution in [0.15, 0.2) is 52.4 Å². The first-order valence-electron chi connectivity index (χ1n) is 8.51. The summed E-state index contributed by atoms with van der Waals surface area (Å²) in [6.45, 7) is 4.24. The highest BCUT2D eigenvalue weighted by Crippen LogP contribution is 2.23. The highest BCUT2D eigenvalue weighted by atomic mass is 32.2. The van der Waals surface area contributed by atoms with Gasteiger partial charge in [0.2, 0.25) is 16.6 Å². The molecular formula is C18H20N6O2S. The summed E-state index contributed by atoms with van der Waals surface area (Å²) < 4.78 is 1.62. The highest BCUT2D eigenvalue weighted by Gasteiger charge is 2.19. The summed E-state index contributed by atoms with van der Waals surface area (Å²) in [5, 5.41) is 14.8. The van der Waals surface area contributed by atoms with Crippen molar-refractivity contribution in [2.45, 2.75) is 30.7 Å². The first kappa shape index (κ1) is 18.8. The lowest BCUT2D eigenvalue weighted by molar-refractivity contribution is -0.120. The van der Waals surface area contributed by atoms with E-state index in [9.17, 15) is 9.59 Å². The second-order valence-corrected chi connectivity index (χ2v) is 7.36. The van der Waals surface area contributed by atoms with Crippen molar-refractivity contribution < 1.29 is 4.79 Å². The standard InChI is InChI=1S/C18H20N6O2S/c1-12-5-3-7-15(11-12)24-18(21-22-23-24)27-13(2)17(26)19-10-9-14-6-4-8-16(25)20-14/h3-8,11,13H,9-10H2,1-2H3,(H,19,26)(H,20,25)/t13-/m1/s1. The monoisotopic (exact) mass is 384 g/mol. The third-order valence-corrected chi connectivity index (χ3v) is 4.89. The number of nitrogens with zero attached hydrogens (tertiary/aromatic N) is 4. The van der Waals surface area contributed by atoms with Crippen molar-refractivity contribution in [1.82, 2.24) is 30.5 Å². The molecule has 3 aromatic rings. The fourth-order valence-electron chi connectivity index (χ4n) is 2.49. The molecule has 8 nitrogen and oxygen atoms in total. The number of amides is 1. The Morgan fingerprint density at radius 1 is 1.30 bits per heavy atom. The Bertz CT molecular complexity index is 983. The summed E-state index contributed by atoms with van der Waals surface area (Å²) in [6, 6.07) is 12.8. The number of carbonyl (C=O) groups excluding carboxylic acids is 1. The molecule has 0 fully saturated rings. The zero-order valence-corrected chi connectivity index (χ0v) is 15.9. The van der Waals surface area contributed by atoms with Crippen LogP contribution in [-0.4, -0.2) is 42.9 Å². The van der Waals surface area contributed by atoms with Crippen LogP contribution in [-0.2, 0) is 11.2 Å². The molecule has 1 atom stereocenters.